The lowest BCUT2D eigenvalue weighted by Crippen LogP contribution is -2.24. The van der Waals surface area contributed by atoms with Crippen LogP contribution in [0.25, 0.3) is 0 Å². The van der Waals surface area contributed by atoms with E-state index in [9.17, 15) is 4.79 Å². The van der Waals surface area contributed by atoms with Crippen molar-refractivity contribution in [1.29, 1.82) is 0 Å². The predicted molar refractivity (Wildman–Crippen MR) is 108 cm³/mol. The summed E-state index contributed by atoms with van der Waals surface area (Å²) in [5.41, 5.74) is 1.23. The minimum Gasteiger partial charge on any atom is -0.493 e. The van der Waals surface area contributed by atoms with Gasteiger partial charge in [0.25, 0.3) is 0 Å². The molecule has 0 unspecified atom stereocenters. The van der Waals surface area contributed by atoms with Gasteiger partial charge in [0.05, 0.1) is 6.61 Å². The third-order valence-corrected chi connectivity index (χ3v) is 6.37. The molecular formula is C19H25N3O2S2. The number of ether oxygens (including phenoxy) is 1. The van der Waals surface area contributed by atoms with Crippen LogP contribution in [0.2, 0.25) is 0 Å². The maximum absolute atomic E-state index is 12.2. The number of hydrogen-bond acceptors (Lipinski definition) is 6. The highest BCUT2D eigenvalue weighted by Crippen LogP contribution is 2.26. The largest absolute Gasteiger partial charge is 0.493 e. The Labute approximate surface area is 162 Å². The minimum absolute atomic E-state index is 0.103. The summed E-state index contributed by atoms with van der Waals surface area (Å²) < 4.78 is 5.71. The van der Waals surface area contributed by atoms with Crippen molar-refractivity contribution in [3.8, 4) is 5.75 Å². The monoisotopic (exact) mass is 391 g/mol. The number of thioether (sulfide) groups is 1. The average molecular weight is 392 g/mol. The molecule has 1 N–H and O–H groups in total. The van der Waals surface area contributed by atoms with Crippen molar-refractivity contribution in [3.05, 3.63) is 34.8 Å². The van der Waals surface area contributed by atoms with E-state index in [-0.39, 0.29) is 11.8 Å². The third-order valence-electron chi connectivity index (χ3n) is 4.42. The third kappa shape index (κ3) is 5.99. The van der Waals surface area contributed by atoms with E-state index in [0.29, 0.717) is 11.7 Å². The van der Waals surface area contributed by atoms with Crippen LogP contribution in [-0.2, 0) is 10.5 Å². The van der Waals surface area contributed by atoms with Gasteiger partial charge in [-0.3, -0.25) is 4.79 Å². The predicted octanol–water partition coefficient (Wildman–Crippen LogP) is 4.68. The van der Waals surface area contributed by atoms with Crippen LogP contribution >= 0.6 is 23.1 Å². The van der Waals surface area contributed by atoms with E-state index in [0.717, 1.165) is 47.9 Å². The van der Waals surface area contributed by atoms with Crippen LogP contribution in [-0.4, -0.2) is 28.5 Å². The van der Waals surface area contributed by atoms with E-state index in [2.05, 4.69) is 22.4 Å². The zero-order valence-electron chi connectivity index (χ0n) is 15.1. The molecule has 140 valence electrons. The molecule has 1 heterocycles. The van der Waals surface area contributed by atoms with Crippen LogP contribution in [0.3, 0.4) is 0 Å². The second-order valence-corrected chi connectivity index (χ2v) is 8.71. The molecular weight excluding hydrogens is 366 g/mol. The molecule has 1 aliphatic rings. The number of rotatable bonds is 8. The second kappa shape index (κ2) is 9.92. The summed E-state index contributed by atoms with van der Waals surface area (Å²) in [5, 5.41) is 12.8. The Morgan fingerprint density at radius 1 is 1.23 bits per heavy atom. The number of amides is 1. The molecule has 0 atom stereocenters. The first-order chi connectivity index (χ1) is 12.7. The first-order valence-corrected chi connectivity index (χ1v) is 11.1. The van der Waals surface area contributed by atoms with E-state index >= 15 is 0 Å². The van der Waals surface area contributed by atoms with Crippen molar-refractivity contribution in [2.75, 3.05) is 17.7 Å². The summed E-state index contributed by atoms with van der Waals surface area (Å²) in [6.45, 7) is 2.73. The van der Waals surface area contributed by atoms with Gasteiger partial charge in [-0.05, 0) is 31.9 Å². The molecule has 5 nitrogen and oxygen atoms in total. The maximum Gasteiger partial charge on any atom is 0.229 e. The van der Waals surface area contributed by atoms with Crippen molar-refractivity contribution < 1.29 is 9.53 Å². The lowest BCUT2D eigenvalue weighted by Gasteiger charge is -2.19. The van der Waals surface area contributed by atoms with Crippen LogP contribution in [0.15, 0.2) is 24.3 Å². The Balaban J connectivity index is 1.34. The van der Waals surface area contributed by atoms with E-state index in [1.807, 2.05) is 24.3 Å². The molecule has 3 rings (SSSR count). The lowest BCUT2D eigenvalue weighted by atomic mass is 9.89. The summed E-state index contributed by atoms with van der Waals surface area (Å²) in [4.78, 5) is 12.2. The SMILES string of the molecule is Cc1ccc(OCCSCc2nnc(NC(=O)C3CCCCC3)s2)cc1. The summed E-state index contributed by atoms with van der Waals surface area (Å²) in [6.07, 6.45) is 5.54. The molecule has 2 aromatic rings. The van der Waals surface area contributed by atoms with Gasteiger partial charge in [0.1, 0.15) is 10.8 Å². The van der Waals surface area contributed by atoms with Gasteiger partial charge in [0.15, 0.2) is 0 Å². The van der Waals surface area contributed by atoms with Crippen LogP contribution in [0.5, 0.6) is 5.75 Å². The molecule has 0 bridgehead atoms. The highest BCUT2D eigenvalue weighted by molar-refractivity contribution is 7.98. The molecule has 1 saturated carbocycles. The molecule has 0 saturated heterocycles. The number of nitrogens with one attached hydrogen (secondary N) is 1. The number of hydrogen-bond donors (Lipinski definition) is 1. The van der Waals surface area contributed by atoms with Crippen molar-refractivity contribution >= 4 is 34.1 Å². The number of carbonyl (C=O) groups is 1. The van der Waals surface area contributed by atoms with Crippen LogP contribution in [0.4, 0.5) is 5.13 Å². The van der Waals surface area contributed by atoms with Gasteiger partial charge in [-0.15, -0.1) is 10.2 Å². The summed E-state index contributed by atoms with van der Waals surface area (Å²) in [7, 11) is 0. The van der Waals surface area contributed by atoms with Gasteiger partial charge in [0, 0.05) is 17.4 Å². The fraction of sp³-hybridized carbons (Fsp3) is 0.526. The molecule has 1 aromatic carbocycles. The smallest absolute Gasteiger partial charge is 0.229 e. The average Bonchev–Trinajstić information content (AvgIpc) is 3.11. The van der Waals surface area contributed by atoms with E-state index < -0.39 is 0 Å². The van der Waals surface area contributed by atoms with Crippen LogP contribution in [0.1, 0.15) is 42.7 Å². The molecule has 0 spiro atoms. The van der Waals surface area contributed by atoms with Gasteiger partial charge in [-0.25, -0.2) is 0 Å². The van der Waals surface area contributed by atoms with Gasteiger partial charge < -0.3 is 10.1 Å². The van der Waals surface area contributed by atoms with Gasteiger partial charge in [0.2, 0.25) is 11.0 Å². The molecule has 7 heteroatoms. The molecule has 1 aromatic heterocycles. The molecule has 0 radical (unpaired) electrons. The summed E-state index contributed by atoms with van der Waals surface area (Å²) >= 11 is 3.22. The van der Waals surface area contributed by atoms with E-state index in [4.69, 9.17) is 4.74 Å². The number of anilines is 1. The highest BCUT2D eigenvalue weighted by Gasteiger charge is 2.22. The minimum atomic E-state index is 0.103. The zero-order chi connectivity index (χ0) is 18.2. The number of carbonyl (C=O) groups excluding carboxylic acids is 1. The normalized spacial score (nSPS) is 15.0. The van der Waals surface area contributed by atoms with E-state index in [1.165, 1.54) is 23.3 Å². The van der Waals surface area contributed by atoms with Crippen LogP contribution in [0, 0.1) is 12.8 Å². The first-order valence-electron chi connectivity index (χ1n) is 9.11. The molecule has 26 heavy (non-hydrogen) atoms. The van der Waals surface area contributed by atoms with Crippen molar-refractivity contribution in [3.63, 3.8) is 0 Å². The maximum atomic E-state index is 12.2. The topological polar surface area (TPSA) is 64.1 Å². The Morgan fingerprint density at radius 2 is 2.00 bits per heavy atom. The summed E-state index contributed by atoms with van der Waals surface area (Å²) in [5.74, 6) is 2.82. The first kappa shape index (κ1) is 19.2. The zero-order valence-corrected chi connectivity index (χ0v) is 16.7. The van der Waals surface area contributed by atoms with Crippen molar-refractivity contribution in [2.24, 2.45) is 5.92 Å². The van der Waals surface area contributed by atoms with Gasteiger partial charge in [-0.2, -0.15) is 11.8 Å². The fourth-order valence-electron chi connectivity index (χ4n) is 2.95. The number of nitrogens with zero attached hydrogens (tertiary/aromatic N) is 2. The summed E-state index contributed by atoms with van der Waals surface area (Å²) in [6, 6.07) is 8.08. The Hall–Kier alpha value is -1.60. The van der Waals surface area contributed by atoms with Gasteiger partial charge in [-0.1, -0.05) is 48.3 Å². The van der Waals surface area contributed by atoms with Gasteiger partial charge >= 0.3 is 0 Å². The van der Waals surface area contributed by atoms with Crippen molar-refractivity contribution in [1.82, 2.24) is 10.2 Å². The molecule has 1 fully saturated rings. The number of benzene rings is 1. The molecule has 1 amide bonds. The second-order valence-electron chi connectivity index (χ2n) is 6.54. The van der Waals surface area contributed by atoms with Crippen molar-refractivity contribution in [2.45, 2.75) is 44.8 Å². The lowest BCUT2D eigenvalue weighted by molar-refractivity contribution is -0.120. The van der Waals surface area contributed by atoms with Crippen LogP contribution < -0.4 is 10.1 Å². The van der Waals surface area contributed by atoms with E-state index in [1.54, 1.807) is 11.8 Å². The highest BCUT2D eigenvalue weighted by atomic mass is 32.2. The standard InChI is InChI=1S/C19H25N3O2S2/c1-14-7-9-16(10-8-14)24-11-12-25-13-17-21-22-19(26-17)20-18(23)15-5-3-2-4-6-15/h7-10,15H,2-6,11-13H2,1H3,(H,20,22,23). The number of aryl methyl sites for hydroxylation is 1. The Kier molecular flexibility index (Phi) is 7.32. The Bertz CT molecular complexity index is 697. The fourth-order valence-corrected chi connectivity index (χ4v) is 4.55. The Morgan fingerprint density at radius 3 is 2.77 bits per heavy atom. The quantitative estimate of drug-likeness (QED) is 0.662. The molecule has 0 aliphatic heterocycles. The number of aromatic nitrogens is 2. The molecule has 1 aliphatic carbocycles.